The normalized spacial score (nSPS) is 12.9. The average Bonchev–Trinajstić information content (AvgIpc) is 2.66. The van der Waals surface area contributed by atoms with Crippen LogP contribution in [-0.4, -0.2) is 24.2 Å². The molecule has 0 aliphatic rings. The van der Waals surface area contributed by atoms with Gasteiger partial charge in [-0.15, -0.1) is 24.0 Å². The molecule has 1 heterocycles. The quantitative estimate of drug-likeness (QED) is 0.344. The number of nitrogens with two attached hydrogens (primary N) is 1. The van der Waals surface area contributed by atoms with E-state index in [1.165, 1.54) is 0 Å². The van der Waals surface area contributed by atoms with Gasteiger partial charge >= 0.3 is 0 Å². The van der Waals surface area contributed by atoms with Crippen molar-refractivity contribution in [3.63, 3.8) is 0 Å². The maximum absolute atomic E-state index is 5.79. The molecule has 3 N–H and O–H groups in total. The molecule has 19 heavy (non-hydrogen) atoms. The van der Waals surface area contributed by atoms with Crippen LogP contribution in [0.15, 0.2) is 9.52 Å². The Balaban J connectivity index is 0.00000324. The van der Waals surface area contributed by atoms with Crippen LogP contribution in [0.2, 0.25) is 0 Å². The molecule has 1 rings (SSSR count). The smallest absolute Gasteiger partial charge is 0.188 e. The van der Waals surface area contributed by atoms with Crippen LogP contribution < -0.4 is 11.1 Å². The summed E-state index contributed by atoms with van der Waals surface area (Å²) < 4.78 is 5.16. The van der Waals surface area contributed by atoms with E-state index in [1.807, 2.05) is 13.8 Å². The van der Waals surface area contributed by atoms with Crippen molar-refractivity contribution >= 4 is 29.9 Å². The summed E-state index contributed by atoms with van der Waals surface area (Å²) in [6.07, 6.45) is 2.26. The van der Waals surface area contributed by atoms with Crippen molar-refractivity contribution in [1.29, 1.82) is 0 Å². The Morgan fingerprint density at radius 2 is 2.16 bits per heavy atom. The highest BCUT2D eigenvalue weighted by Gasteiger charge is 2.15. The van der Waals surface area contributed by atoms with Crippen LogP contribution in [0, 0.1) is 13.8 Å². The molecule has 0 bridgehead atoms. The van der Waals surface area contributed by atoms with Gasteiger partial charge in [-0.2, -0.15) is 0 Å². The lowest BCUT2D eigenvalue weighted by atomic mass is 10.00. The molecule has 1 aromatic heterocycles. The predicted octanol–water partition coefficient (Wildman–Crippen LogP) is 2.72. The van der Waals surface area contributed by atoms with E-state index in [4.69, 9.17) is 10.3 Å². The number of unbranched alkanes of at least 4 members (excludes halogenated alkanes) is 1. The van der Waals surface area contributed by atoms with E-state index in [9.17, 15) is 0 Å². The SMILES string of the molecule is CCCCNC(N)=NCC(C)c1c(C)noc1C.I. The van der Waals surface area contributed by atoms with Crippen molar-refractivity contribution in [3.8, 4) is 0 Å². The molecule has 0 aromatic carbocycles. The fourth-order valence-corrected chi connectivity index (χ4v) is 1.97. The van der Waals surface area contributed by atoms with Gasteiger partial charge in [-0.25, -0.2) is 0 Å². The first-order valence-electron chi connectivity index (χ1n) is 6.52. The van der Waals surface area contributed by atoms with Crippen LogP contribution in [0.4, 0.5) is 0 Å². The summed E-state index contributed by atoms with van der Waals surface area (Å²) in [5, 5.41) is 7.06. The van der Waals surface area contributed by atoms with Gasteiger partial charge < -0.3 is 15.6 Å². The van der Waals surface area contributed by atoms with Crippen LogP contribution in [-0.2, 0) is 0 Å². The lowest BCUT2D eigenvalue weighted by Crippen LogP contribution is -2.32. The van der Waals surface area contributed by atoms with Gasteiger partial charge in [0.25, 0.3) is 0 Å². The lowest BCUT2D eigenvalue weighted by Gasteiger charge is -2.09. The van der Waals surface area contributed by atoms with E-state index >= 15 is 0 Å². The number of guanidine groups is 1. The number of aromatic nitrogens is 1. The van der Waals surface area contributed by atoms with Crippen molar-refractivity contribution in [2.75, 3.05) is 13.1 Å². The highest BCUT2D eigenvalue weighted by molar-refractivity contribution is 14.0. The Hall–Kier alpha value is -0.790. The van der Waals surface area contributed by atoms with Gasteiger partial charge in [-0.05, 0) is 20.3 Å². The molecule has 1 atom stereocenters. The molecule has 5 nitrogen and oxygen atoms in total. The van der Waals surface area contributed by atoms with Crippen molar-refractivity contribution in [2.24, 2.45) is 10.7 Å². The summed E-state index contributed by atoms with van der Waals surface area (Å²) in [5.41, 5.74) is 7.87. The molecule has 1 aromatic rings. The number of aryl methyl sites for hydroxylation is 2. The van der Waals surface area contributed by atoms with Gasteiger partial charge in [0.15, 0.2) is 5.96 Å². The number of rotatable bonds is 6. The molecule has 1 unspecified atom stereocenters. The van der Waals surface area contributed by atoms with Crippen LogP contribution >= 0.6 is 24.0 Å². The highest BCUT2D eigenvalue weighted by atomic mass is 127. The Morgan fingerprint density at radius 3 is 2.68 bits per heavy atom. The third-order valence-electron chi connectivity index (χ3n) is 2.95. The minimum Gasteiger partial charge on any atom is -0.370 e. The van der Waals surface area contributed by atoms with Gasteiger partial charge in [-0.1, -0.05) is 25.4 Å². The Labute approximate surface area is 132 Å². The van der Waals surface area contributed by atoms with Crippen LogP contribution in [0.5, 0.6) is 0 Å². The number of hydrogen-bond acceptors (Lipinski definition) is 3. The topological polar surface area (TPSA) is 76.4 Å². The fraction of sp³-hybridized carbons (Fsp3) is 0.692. The van der Waals surface area contributed by atoms with E-state index in [0.717, 1.165) is 36.4 Å². The second kappa shape index (κ2) is 9.17. The van der Waals surface area contributed by atoms with E-state index in [-0.39, 0.29) is 29.9 Å². The van der Waals surface area contributed by atoms with Gasteiger partial charge in [-0.3, -0.25) is 4.99 Å². The van der Waals surface area contributed by atoms with Gasteiger partial charge in [0.1, 0.15) is 5.76 Å². The summed E-state index contributed by atoms with van der Waals surface area (Å²) in [6.45, 7) is 9.66. The van der Waals surface area contributed by atoms with E-state index < -0.39 is 0 Å². The molecular weight excluding hydrogens is 355 g/mol. The summed E-state index contributed by atoms with van der Waals surface area (Å²) >= 11 is 0. The Morgan fingerprint density at radius 1 is 1.47 bits per heavy atom. The van der Waals surface area contributed by atoms with E-state index in [0.29, 0.717) is 12.5 Å². The van der Waals surface area contributed by atoms with Crippen LogP contribution in [0.3, 0.4) is 0 Å². The maximum Gasteiger partial charge on any atom is 0.188 e. The largest absolute Gasteiger partial charge is 0.370 e. The molecule has 110 valence electrons. The van der Waals surface area contributed by atoms with Crippen molar-refractivity contribution in [3.05, 3.63) is 17.0 Å². The Kier molecular flexibility index (Phi) is 8.79. The summed E-state index contributed by atoms with van der Waals surface area (Å²) in [6, 6.07) is 0. The Bertz CT molecular complexity index is 384. The first-order chi connectivity index (χ1) is 8.56. The minimum atomic E-state index is 0. The second-order valence-corrected chi connectivity index (χ2v) is 4.65. The summed E-state index contributed by atoms with van der Waals surface area (Å²) in [4.78, 5) is 4.35. The van der Waals surface area contributed by atoms with Gasteiger partial charge in [0.2, 0.25) is 0 Å². The van der Waals surface area contributed by atoms with E-state index in [2.05, 4.69) is 29.3 Å². The zero-order chi connectivity index (χ0) is 13.5. The molecule has 0 saturated heterocycles. The molecule has 0 fully saturated rings. The van der Waals surface area contributed by atoms with Crippen LogP contribution in [0.25, 0.3) is 0 Å². The minimum absolute atomic E-state index is 0. The van der Waals surface area contributed by atoms with Crippen molar-refractivity contribution in [2.45, 2.75) is 46.5 Å². The fourth-order valence-electron chi connectivity index (χ4n) is 1.97. The second-order valence-electron chi connectivity index (χ2n) is 4.65. The number of nitrogens with zero attached hydrogens (tertiary/aromatic N) is 2. The highest BCUT2D eigenvalue weighted by Crippen LogP contribution is 2.22. The first-order valence-corrected chi connectivity index (χ1v) is 6.52. The molecule has 6 heteroatoms. The van der Waals surface area contributed by atoms with Crippen molar-refractivity contribution < 1.29 is 4.52 Å². The monoisotopic (exact) mass is 380 g/mol. The van der Waals surface area contributed by atoms with Gasteiger partial charge in [0, 0.05) is 24.6 Å². The molecule has 0 radical (unpaired) electrons. The molecule has 0 spiro atoms. The molecule has 0 amide bonds. The number of halogens is 1. The summed E-state index contributed by atoms with van der Waals surface area (Å²) in [5.74, 6) is 1.65. The first kappa shape index (κ1) is 18.2. The van der Waals surface area contributed by atoms with Crippen LogP contribution in [0.1, 0.15) is 49.6 Å². The zero-order valence-corrected chi connectivity index (χ0v) is 14.5. The molecule has 0 saturated carbocycles. The average molecular weight is 380 g/mol. The van der Waals surface area contributed by atoms with Gasteiger partial charge in [0.05, 0.1) is 5.69 Å². The summed E-state index contributed by atoms with van der Waals surface area (Å²) in [7, 11) is 0. The van der Waals surface area contributed by atoms with E-state index in [1.54, 1.807) is 0 Å². The third-order valence-corrected chi connectivity index (χ3v) is 2.95. The van der Waals surface area contributed by atoms with Crippen molar-refractivity contribution in [1.82, 2.24) is 10.5 Å². The third kappa shape index (κ3) is 5.80. The lowest BCUT2D eigenvalue weighted by molar-refractivity contribution is 0.391. The molecule has 0 aliphatic heterocycles. The standard InChI is InChI=1S/C13H24N4O.HI/c1-5-6-7-15-13(14)16-8-9(2)12-10(3)17-18-11(12)4;/h9H,5-8H2,1-4H3,(H3,14,15,16);1H. The zero-order valence-electron chi connectivity index (χ0n) is 12.2. The number of aliphatic imine (C=N–C) groups is 1. The maximum atomic E-state index is 5.79. The predicted molar refractivity (Wildman–Crippen MR) is 89.2 cm³/mol. The number of hydrogen-bond donors (Lipinski definition) is 2. The number of nitrogens with one attached hydrogen (secondary N) is 1. The molecular formula is C13H25IN4O. The molecule has 0 aliphatic carbocycles.